The molecular formula is C19H18N2O5. The van der Waals surface area contributed by atoms with Crippen LogP contribution in [0.2, 0.25) is 0 Å². The smallest absolute Gasteiger partial charge is 0.331 e. The first-order valence-electron chi connectivity index (χ1n) is 7.89. The molecule has 0 saturated heterocycles. The van der Waals surface area contributed by atoms with Gasteiger partial charge in [-0.05, 0) is 36.3 Å². The fourth-order valence-electron chi connectivity index (χ4n) is 2.16. The molecule has 7 heteroatoms. The summed E-state index contributed by atoms with van der Waals surface area (Å²) in [6.07, 6.45) is 2.62. The van der Waals surface area contributed by atoms with Crippen LogP contribution in [0.3, 0.4) is 0 Å². The molecule has 0 spiro atoms. The molecule has 0 aliphatic rings. The van der Waals surface area contributed by atoms with Gasteiger partial charge in [-0.2, -0.15) is 0 Å². The predicted molar refractivity (Wildman–Crippen MR) is 96.1 cm³/mol. The first-order chi connectivity index (χ1) is 12.5. The second-order valence-corrected chi connectivity index (χ2v) is 5.49. The number of carbonyl (C=O) groups excluding carboxylic acids is 2. The van der Waals surface area contributed by atoms with E-state index in [1.807, 2.05) is 37.3 Å². The number of benzene rings is 2. The third kappa shape index (κ3) is 5.86. The minimum Gasteiger partial charge on any atom is -0.452 e. The molecule has 7 nitrogen and oxygen atoms in total. The maximum absolute atomic E-state index is 11.8. The van der Waals surface area contributed by atoms with Crippen LogP contribution in [-0.4, -0.2) is 23.4 Å². The van der Waals surface area contributed by atoms with Crippen molar-refractivity contribution in [3.63, 3.8) is 0 Å². The van der Waals surface area contributed by atoms with Gasteiger partial charge in [-0.3, -0.25) is 14.9 Å². The summed E-state index contributed by atoms with van der Waals surface area (Å²) in [4.78, 5) is 33.6. The Labute approximate surface area is 150 Å². The zero-order chi connectivity index (χ0) is 18.9. The number of rotatable bonds is 7. The van der Waals surface area contributed by atoms with Gasteiger partial charge in [0.2, 0.25) is 0 Å². The summed E-state index contributed by atoms with van der Waals surface area (Å²) < 4.78 is 4.88. The molecule has 1 atom stereocenters. The van der Waals surface area contributed by atoms with Gasteiger partial charge in [0.1, 0.15) is 0 Å². The molecule has 1 unspecified atom stereocenters. The Hall–Kier alpha value is -3.48. The lowest BCUT2D eigenvalue weighted by Gasteiger charge is -2.13. The molecule has 26 heavy (non-hydrogen) atoms. The van der Waals surface area contributed by atoms with Gasteiger partial charge < -0.3 is 10.1 Å². The van der Waals surface area contributed by atoms with Crippen LogP contribution in [0.4, 0.5) is 5.69 Å². The zero-order valence-electron chi connectivity index (χ0n) is 14.1. The topological polar surface area (TPSA) is 98.5 Å². The highest BCUT2D eigenvalue weighted by Crippen LogP contribution is 2.13. The summed E-state index contributed by atoms with van der Waals surface area (Å²) in [6.45, 7) is 1.45. The van der Waals surface area contributed by atoms with Gasteiger partial charge in [0.15, 0.2) is 6.61 Å². The number of hydrogen-bond acceptors (Lipinski definition) is 5. The van der Waals surface area contributed by atoms with Crippen LogP contribution in [0.1, 0.15) is 24.1 Å². The van der Waals surface area contributed by atoms with Crippen molar-refractivity contribution in [2.75, 3.05) is 6.61 Å². The van der Waals surface area contributed by atoms with E-state index in [0.29, 0.717) is 5.56 Å². The van der Waals surface area contributed by atoms with Crippen molar-refractivity contribution in [2.45, 2.75) is 13.0 Å². The van der Waals surface area contributed by atoms with Gasteiger partial charge in [-0.25, -0.2) is 4.79 Å². The van der Waals surface area contributed by atoms with Crippen LogP contribution in [0.5, 0.6) is 0 Å². The van der Waals surface area contributed by atoms with E-state index in [1.165, 1.54) is 30.3 Å². The fraction of sp³-hybridized carbons (Fsp3) is 0.158. The molecule has 1 amide bonds. The summed E-state index contributed by atoms with van der Waals surface area (Å²) in [6, 6.07) is 14.9. The summed E-state index contributed by atoms with van der Waals surface area (Å²) in [5, 5.41) is 13.3. The van der Waals surface area contributed by atoms with E-state index < -0.39 is 16.8 Å². The Balaban J connectivity index is 1.78. The number of nitrogens with one attached hydrogen (secondary N) is 1. The number of esters is 1. The van der Waals surface area contributed by atoms with Gasteiger partial charge in [0.25, 0.3) is 11.6 Å². The second-order valence-electron chi connectivity index (χ2n) is 5.49. The molecule has 0 bridgehead atoms. The van der Waals surface area contributed by atoms with Gasteiger partial charge in [-0.15, -0.1) is 0 Å². The van der Waals surface area contributed by atoms with Gasteiger partial charge >= 0.3 is 5.97 Å². The molecular weight excluding hydrogens is 336 g/mol. The molecule has 0 heterocycles. The first kappa shape index (κ1) is 18.9. The molecule has 2 aromatic rings. The quantitative estimate of drug-likeness (QED) is 0.357. The third-order valence-electron chi connectivity index (χ3n) is 3.54. The standard InChI is InChI=1S/C19H18N2O5/c1-14(16-5-3-2-4-6-16)20-18(22)13-26-19(23)12-9-15-7-10-17(11-8-15)21(24)25/h2-12,14H,13H2,1H3,(H,20,22)/b12-9+. The van der Waals surface area contributed by atoms with E-state index in [1.54, 1.807) is 0 Å². The maximum Gasteiger partial charge on any atom is 0.331 e. The van der Waals surface area contributed by atoms with Crippen molar-refractivity contribution >= 4 is 23.6 Å². The number of hydrogen-bond donors (Lipinski definition) is 1. The Morgan fingerprint density at radius 2 is 1.81 bits per heavy atom. The molecule has 0 saturated carbocycles. The number of carbonyl (C=O) groups is 2. The number of amides is 1. The van der Waals surface area contributed by atoms with Crippen LogP contribution in [0, 0.1) is 10.1 Å². The average molecular weight is 354 g/mol. The lowest BCUT2D eigenvalue weighted by molar-refractivity contribution is -0.384. The van der Waals surface area contributed by atoms with Crippen LogP contribution < -0.4 is 5.32 Å². The van der Waals surface area contributed by atoms with E-state index in [4.69, 9.17) is 4.74 Å². The SMILES string of the molecule is CC(NC(=O)COC(=O)/C=C/c1ccc([N+](=O)[O-])cc1)c1ccccc1. The maximum atomic E-state index is 11.8. The van der Waals surface area contributed by atoms with Crippen LogP contribution in [0.15, 0.2) is 60.7 Å². The van der Waals surface area contributed by atoms with E-state index in [2.05, 4.69) is 5.32 Å². The van der Waals surface area contributed by atoms with Crippen molar-refractivity contribution in [3.05, 3.63) is 81.9 Å². The predicted octanol–water partition coefficient (Wildman–Crippen LogP) is 3.03. The third-order valence-corrected chi connectivity index (χ3v) is 3.54. The molecule has 2 rings (SSSR count). The minimum atomic E-state index is -0.675. The molecule has 0 aromatic heterocycles. The number of nitro groups is 1. The number of ether oxygens (including phenoxy) is 1. The highest BCUT2D eigenvalue weighted by Gasteiger charge is 2.10. The summed E-state index contributed by atoms with van der Waals surface area (Å²) >= 11 is 0. The highest BCUT2D eigenvalue weighted by molar-refractivity contribution is 5.89. The molecule has 0 radical (unpaired) electrons. The Morgan fingerprint density at radius 3 is 2.42 bits per heavy atom. The lowest BCUT2D eigenvalue weighted by Crippen LogP contribution is -2.30. The molecule has 1 N–H and O–H groups in total. The van der Waals surface area contributed by atoms with E-state index in [0.717, 1.165) is 11.6 Å². The van der Waals surface area contributed by atoms with E-state index in [-0.39, 0.29) is 18.3 Å². The monoisotopic (exact) mass is 354 g/mol. The molecule has 0 aliphatic heterocycles. The van der Waals surface area contributed by atoms with E-state index in [9.17, 15) is 19.7 Å². The van der Waals surface area contributed by atoms with Crippen molar-refractivity contribution in [2.24, 2.45) is 0 Å². The number of nitro benzene ring substituents is 1. The van der Waals surface area contributed by atoms with Crippen molar-refractivity contribution < 1.29 is 19.2 Å². The summed E-state index contributed by atoms with van der Waals surface area (Å²) in [7, 11) is 0. The highest BCUT2D eigenvalue weighted by atomic mass is 16.6. The van der Waals surface area contributed by atoms with Crippen LogP contribution in [-0.2, 0) is 14.3 Å². The van der Waals surface area contributed by atoms with Gasteiger partial charge in [0, 0.05) is 18.2 Å². The Bertz CT molecular complexity index is 800. The molecule has 0 aliphatic carbocycles. The molecule has 2 aromatic carbocycles. The van der Waals surface area contributed by atoms with Crippen LogP contribution >= 0.6 is 0 Å². The summed E-state index contributed by atoms with van der Waals surface area (Å²) in [5.74, 6) is -1.08. The van der Waals surface area contributed by atoms with Crippen molar-refractivity contribution in [1.82, 2.24) is 5.32 Å². The first-order valence-corrected chi connectivity index (χ1v) is 7.89. The van der Waals surface area contributed by atoms with Crippen molar-refractivity contribution in [3.8, 4) is 0 Å². The second kappa shape index (κ2) is 9.12. The largest absolute Gasteiger partial charge is 0.452 e. The van der Waals surface area contributed by atoms with Crippen LogP contribution in [0.25, 0.3) is 6.08 Å². The molecule has 0 fully saturated rings. The minimum absolute atomic E-state index is 0.0334. The van der Waals surface area contributed by atoms with Crippen molar-refractivity contribution in [1.29, 1.82) is 0 Å². The number of nitrogens with zero attached hydrogens (tertiary/aromatic N) is 1. The van der Waals surface area contributed by atoms with Gasteiger partial charge in [-0.1, -0.05) is 30.3 Å². The molecule has 134 valence electrons. The summed E-state index contributed by atoms with van der Waals surface area (Å²) in [5.41, 5.74) is 1.52. The van der Waals surface area contributed by atoms with E-state index >= 15 is 0 Å². The lowest BCUT2D eigenvalue weighted by atomic mass is 10.1. The number of non-ortho nitro benzene ring substituents is 1. The Morgan fingerprint density at radius 1 is 1.15 bits per heavy atom. The zero-order valence-corrected chi connectivity index (χ0v) is 14.1. The normalized spacial score (nSPS) is 11.7. The fourth-order valence-corrected chi connectivity index (χ4v) is 2.16. The average Bonchev–Trinajstić information content (AvgIpc) is 2.65. The van der Waals surface area contributed by atoms with Gasteiger partial charge in [0.05, 0.1) is 11.0 Å². The Kier molecular flexibility index (Phi) is 6.61.